The topological polar surface area (TPSA) is 50.9 Å². The zero-order valence-electron chi connectivity index (χ0n) is 9.33. The van der Waals surface area contributed by atoms with Crippen molar-refractivity contribution in [1.29, 1.82) is 0 Å². The lowest BCUT2D eigenvalue weighted by molar-refractivity contribution is 0.797. The summed E-state index contributed by atoms with van der Waals surface area (Å²) in [6.07, 6.45) is 0. The Bertz CT molecular complexity index is 305. The summed E-state index contributed by atoms with van der Waals surface area (Å²) >= 11 is 0. The monoisotopic (exact) mass is 193 g/mol. The number of rotatable bonds is 3. The summed E-state index contributed by atoms with van der Waals surface area (Å²) in [6.45, 7) is 8.15. The number of nitrogens with two attached hydrogens (primary N) is 1. The van der Waals surface area contributed by atoms with Crippen molar-refractivity contribution in [1.82, 2.24) is 4.98 Å². The smallest absolute Gasteiger partial charge is 0.126 e. The van der Waals surface area contributed by atoms with Crippen LogP contribution in [0.25, 0.3) is 0 Å². The van der Waals surface area contributed by atoms with E-state index in [0.717, 1.165) is 17.1 Å². The van der Waals surface area contributed by atoms with Crippen molar-refractivity contribution in [2.45, 2.75) is 39.8 Å². The SMILES string of the molecule is Cc1nc(NC(C)C)ccc1[C@H](C)N. The number of nitrogens with zero attached hydrogens (tertiary/aromatic N) is 1. The Labute approximate surface area is 85.7 Å². The molecule has 0 aliphatic carbocycles. The molecule has 0 radical (unpaired) electrons. The van der Waals surface area contributed by atoms with Crippen molar-refractivity contribution in [3.63, 3.8) is 0 Å². The lowest BCUT2D eigenvalue weighted by atomic mass is 10.1. The molecule has 1 aromatic rings. The molecule has 1 aromatic heterocycles. The number of hydrogen-bond donors (Lipinski definition) is 2. The van der Waals surface area contributed by atoms with E-state index in [9.17, 15) is 0 Å². The van der Waals surface area contributed by atoms with Crippen LogP contribution in [0.2, 0.25) is 0 Å². The van der Waals surface area contributed by atoms with Crippen molar-refractivity contribution in [2.75, 3.05) is 5.32 Å². The van der Waals surface area contributed by atoms with Gasteiger partial charge in [-0.2, -0.15) is 0 Å². The van der Waals surface area contributed by atoms with Gasteiger partial charge in [-0.05, 0) is 39.3 Å². The Balaban J connectivity index is 2.89. The third kappa shape index (κ3) is 2.70. The highest BCUT2D eigenvalue weighted by molar-refractivity contribution is 5.39. The number of nitrogens with one attached hydrogen (secondary N) is 1. The minimum atomic E-state index is 0.0515. The second kappa shape index (κ2) is 4.42. The molecule has 0 bridgehead atoms. The largest absolute Gasteiger partial charge is 0.368 e. The van der Waals surface area contributed by atoms with Gasteiger partial charge < -0.3 is 11.1 Å². The van der Waals surface area contributed by atoms with Gasteiger partial charge in [0.2, 0.25) is 0 Å². The maximum atomic E-state index is 5.81. The number of anilines is 1. The zero-order valence-corrected chi connectivity index (χ0v) is 9.33. The van der Waals surface area contributed by atoms with Crippen LogP contribution in [0.3, 0.4) is 0 Å². The third-order valence-corrected chi connectivity index (χ3v) is 2.05. The molecule has 0 aliphatic rings. The molecule has 3 nitrogen and oxygen atoms in total. The van der Waals surface area contributed by atoms with Gasteiger partial charge >= 0.3 is 0 Å². The van der Waals surface area contributed by atoms with Gasteiger partial charge in [0.25, 0.3) is 0 Å². The first-order chi connectivity index (χ1) is 6.50. The highest BCUT2D eigenvalue weighted by atomic mass is 15.0. The Morgan fingerprint density at radius 1 is 1.29 bits per heavy atom. The van der Waals surface area contributed by atoms with E-state index in [4.69, 9.17) is 5.73 Å². The molecule has 1 rings (SSSR count). The fourth-order valence-corrected chi connectivity index (χ4v) is 1.43. The molecule has 3 N–H and O–H groups in total. The van der Waals surface area contributed by atoms with Crippen molar-refractivity contribution in [3.8, 4) is 0 Å². The van der Waals surface area contributed by atoms with Crippen LogP contribution in [0, 0.1) is 6.92 Å². The van der Waals surface area contributed by atoms with Gasteiger partial charge in [-0.3, -0.25) is 0 Å². The quantitative estimate of drug-likeness (QED) is 0.774. The van der Waals surface area contributed by atoms with E-state index in [2.05, 4.69) is 24.1 Å². The predicted octanol–water partition coefficient (Wildman–Crippen LogP) is 2.23. The molecule has 0 aromatic carbocycles. The highest BCUT2D eigenvalue weighted by Gasteiger charge is 2.05. The minimum Gasteiger partial charge on any atom is -0.368 e. The molecule has 3 heteroatoms. The normalized spacial score (nSPS) is 13.0. The predicted molar refractivity (Wildman–Crippen MR) is 60.3 cm³/mol. The first-order valence-electron chi connectivity index (χ1n) is 5.00. The summed E-state index contributed by atoms with van der Waals surface area (Å²) in [5.41, 5.74) is 7.92. The maximum Gasteiger partial charge on any atom is 0.126 e. The molecule has 0 aliphatic heterocycles. The van der Waals surface area contributed by atoms with Crippen LogP contribution in [0.5, 0.6) is 0 Å². The molecule has 0 saturated heterocycles. The summed E-state index contributed by atoms with van der Waals surface area (Å²) in [4.78, 5) is 4.44. The molecular weight excluding hydrogens is 174 g/mol. The van der Waals surface area contributed by atoms with Gasteiger partial charge in [0, 0.05) is 17.8 Å². The van der Waals surface area contributed by atoms with E-state index in [1.807, 2.05) is 26.0 Å². The summed E-state index contributed by atoms with van der Waals surface area (Å²) in [7, 11) is 0. The van der Waals surface area contributed by atoms with E-state index >= 15 is 0 Å². The molecule has 0 unspecified atom stereocenters. The Kier molecular flexibility index (Phi) is 3.47. The van der Waals surface area contributed by atoms with Crippen molar-refractivity contribution >= 4 is 5.82 Å². The Morgan fingerprint density at radius 2 is 1.93 bits per heavy atom. The van der Waals surface area contributed by atoms with Crippen LogP contribution in [0.4, 0.5) is 5.82 Å². The van der Waals surface area contributed by atoms with E-state index in [1.54, 1.807) is 0 Å². The number of hydrogen-bond acceptors (Lipinski definition) is 3. The summed E-state index contributed by atoms with van der Waals surface area (Å²) in [5.74, 6) is 0.918. The number of aromatic nitrogens is 1. The first-order valence-corrected chi connectivity index (χ1v) is 5.00. The van der Waals surface area contributed by atoms with Gasteiger partial charge in [0.15, 0.2) is 0 Å². The molecular formula is C11H19N3. The second-order valence-electron chi connectivity index (χ2n) is 3.96. The average molecular weight is 193 g/mol. The third-order valence-electron chi connectivity index (χ3n) is 2.05. The fourth-order valence-electron chi connectivity index (χ4n) is 1.43. The molecule has 0 amide bonds. The van der Waals surface area contributed by atoms with Crippen LogP contribution in [-0.4, -0.2) is 11.0 Å². The van der Waals surface area contributed by atoms with E-state index < -0.39 is 0 Å². The molecule has 14 heavy (non-hydrogen) atoms. The number of aryl methyl sites for hydroxylation is 1. The van der Waals surface area contributed by atoms with E-state index in [1.165, 1.54) is 0 Å². The Hall–Kier alpha value is -1.09. The van der Waals surface area contributed by atoms with Gasteiger partial charge in [0.1, 0.15) is 5.82 Å². The van der Waals surface area contributed by atoms with Crippen LogP contribution in [0.1, 0.15) is 38.1 Å². The summed E-state index contributed by atoms with van der Waals surface area (Å²) < 4.78 is 0. The molecule has 0 saturated carbocycles. The van der Waals surface area contributed by atoms with Crippen molar-refractivity contribution < 1.29 is 0 Å². The molecule has 1 atom stereocenters. The zero-order chi connectivity index (χ0) is 10.7. The maximum absolute atomic E-state index is 5.81. The lowest BCUT2D eigenvalue weighted by Gasteiger charge is -2.13. The van der Waals surface area contributed by atoms with Gasteiger partial charge in [0.05, 0.1) is 0 Å². The molecule has 1 heterocycles. The van der Waals surface area contributed by atoms with Crippen molar-refractivity contribution in [2.24, 2.45) is 5.73 Å². The summed E-state index contributed by atoms with van der Waals surface area (Å²) in [6, 6.07) is 4.47. The van der Waals surface area contributed by atoms with Crippen molar-refractivity contribution in [3.05, 3.63) is 23.4 Å². The molecule has 0 spiro atoms. The highest BCUT2D eigenvalue weighted by Crippen LogP contribution is 2.16. The minimum absolute atomic E-state index is 0.0515. The van der Waals surface area contributed by atoms with Gasteiger partial charge in [-0.25, -0.2) is 4.98 Å². The van der Waals surface area contributed by atoms with Gasteiger partial charge in [-0.15, -0.1) is 0 Å². The van der Waals surface area contributed by atoms with E-state index in [-0.39, 0.29) is 6.04 Å². The van der Waals surface area contributed by atoms with Crippen LogP contribution in [0.15, 0.2) is 12.1 Å². The van der Waals surface area contributed by atoms with Gasteiger partial charge in [-0.1, -0.05) is 6.07 Å². The lowest BCUT2D eigenvalue weighted by Crippen LogP contribution is -2.13. The van der Waals surface area contributed by atoms with E-state index in [0.29, 0.717) is 6.04 Å². The molecule has 78 valence electrons. The average Bonchev–Trinajstić information content (AvgIpc) is 2.01. The standard InChI is InChI=1S/C11H19N3/c1-7(2)13-11-6-5-10(8(3)12)9(4)14-11/h5-8H,12H2,1-4H3,(H,13,14)/t8-/m0/s1. The molecule has 0 fully saturated rings. The van der Waals surface area contributed by atoms with Crippen LogP contribution < -0.4 is 11.1 Å². The summed E-state index contributed by atoms with van der Waals surface area (Å²) in [5, 5.41) is 3.26. The van der Waals surface area contributed by atoms with Crippen LogP contribution in [-0.2, 0) is 0 Å². The van der Waals surface area contributed by atoms with Crippen LogP contribution >= 0.6 is 0 Å². The second-order valence-corrected chi connectivity index (χ2v) is 3.96. The first kappa shape index (κ1) is 11.0. The number of pyridine rings is 1. The Morgan fingerprint density at radius 3 is 2.36 bits per heavy atom. The fraction of sp³-hybridized carbons (Fsp3) is 0.545.